The van der Waals surface area contributed by atoms with E-state index in [0.717, 1.165) is 4.90 Å². The molecule has 3 aliphatic rings. The molecule has 0 unspecified atom stereocenters. The number of nitrogens with zero attached hydrogens (tertiary/aromatic N) is 1. The number of carbonyl (C=O) groups excluding carboxylic acids is 4. The van der Waals surface area contributed by atoms with Gasteiger partial charge in [-0.15, -0.1) is 0 Å². The molecule has 0 radical (unpaired) electrons. The molecule has 4 atom stereocenters. The molecule has 0 aromatic heterocycles. The Balaban J connectivity index is 1.85. The molecule has 10 heteroatoms. The highest BCUT2D eigenvalue weighted by Crippen LogP contribution is 2.49. The number of anilines is 1. The summed E-state index contributed by atoms with van der Waals surface area (Å²) < 4.78 is 19.0. The molecule has 4 amide bonds. The van der Waals surface area contributed by atoms with Crippen molar-refractivity contribution in [3.63, 3.8) is 0 Å². The summed E-state index contributed by atoms with van der Waals surface area (Å²) in [6.45, 7) is 0.184. The number of hydrogen-bond acceptors (Lipinski definition) is 5. The van der Waals surface area contributed by atoms with E-state index in [1.165, 1.54) is 30.6 Å². The number of primary amides is 1. The van der Waals surface area contributed by atoms with Crippen molar-refractivity contribution in [3.05, 3.63) is 29.6 Å². The Morgan fingerprint density at radius 1 is 1.36 bits per heavy atom. The molecule has 3 heterocycles. The summed E-state index contributed by atoms with van der Waals surface area (Å²) in [5.41, 5.74) is 4.51. The van der Waals surface area contributed by atoms with Crippen LogP contribution in [0.1, 0.15) is 12.0 Å². The largest absolute Gasteiger partial charge is 0.383 e. The molecular formula is C18H20FN4O5+. The Hall–Kier alpha value is -2.85. The lowest BCUT2D eigenvalue weighted by Crippen LogP contribution is -2.99. The Morgan fingerprint density at radius 3 is 2.79 bits per heavy atom. The maximum Gasteiger partial charge on any atom is 0.291 e. The van der Waals surface area contributed by atoms with Crippen molar-refractivity contribution in [2.24, 2.45) is 17.6 Å². The van der Waals surface area contributed by atoms with Gasteiger partial charge in [0.25, 0.3) is 5.91 Å². The number of likely N-dealkylation sites (tertiary alicyclic amines) is 1. The number of hydrogen-bond donors (Lipinski definition) is 3. The maximum atomic E-state index is 14.0. The molecule has 2 fully saturated rings. The molecule has 1 aromatic rings. The van der Waals surface area contributed by atoms with Crippen molar-refractivity contribution >= 4 is 29.3 Å². The first-order chi connectivity index (χ1) is 13.3. The second-order valence-corrected chi connectivity index (χ2v) is 7.34. The second-order valence-electron chi connectivity index (χ2n) is 7.34. The van der Waals surface area contributed by atoms with Gasteiger partial charge < -0.3 is 21.1 Å². The zero-order valence-corrected chi connectivity index (χ0v) is 15.1. The first-order valence-corrected chi connectivity index (χ1v) is 8.91. The summed E-state index contributed by atoms with van der Waals surface area (Å²) in [6, 6.07) is 3.12. The second kappa shape index (κ2) is 6.35. The van der Waals surface area contributed by atoms with Gasteiger partial charge in [-0.25, -0.2) is 4.39 Å². The van der Waals surface area contributed by atoms with Gasteiger partial charge in [-0.3, -0.25) is 24.1 Å². The molecule has 4 rings (SSSR count). The molecule has 5 N–H and O–H groups in total. The predicted octanol–water partition coefficient (Wildman–Crippen LogP) is -1.96. The number of methoxy groups -OCH3 is 1. The summed E-state index contributed by atoms with van der Waals surface area (Å²) in [6.07, 6.45) is -0.183. The standard InChI is InChI=1S/C18H19FN4O5/c1-28-5-4-23-15(25)13-11(7-12(20)24)22-18(14(13)16(23)26)9-6-8(19)2-3-10(9)21-17(18)27/h2-3,6,11,13-14,22H,4-5,7H2,1H3,(H2,20,24)(H,21,27)/p+1/t11-,13-,14+,18+/m1/s1. The van der Waals surface area contributed by atoms with E-state index in [9.17, 15) is 23.6 Å². The van der Waals surface area contributed by atoms with Crippen molar-refractivity contribution in [1.82, 2.24) is 4.90 Å². The Morgan fingerprint density at radius 2 is 2.11 bits per heavy atom. The summed E-state index contributed by atoms with van der Waals surface area (Å²) in [7, 11) is 1.44. The van der Waals surface area contributed by atoms with Crippen LogP contribution in [0.3, 0.4) is 0 Å². The van der Waals surface area contributed by atoms with Crippen LogP contribution in [0, 0.1) is 17.7 Å². The minimum absolute atomic E-state index is 0.0398. The number of imide groups is 1. The van der Waals surface area contributed by atoms with Gasteiger partial charge in [-0.1, -0.05) is 0 Å². The van der Waals surface area contributed by atoms with E-state index in [2.05, 4.69) is 5.32 Å². The van der Waals surface area contributed by atoms with Crippen molar-refractivity contribution in [3.8, 4) is 0 Å². The summed E-state index contributed by atoms with van der Waals surface area (Å²) >= 11 is 0. The molecule has 9 nitrogen and oxygen atoms in total. The van der Waals surface area contributed by atoms with Gasteiger partial charge in [0, 0.05) is 12.7 Å². The molecule has 148 valence electrons. The van der Waals surface area contributed by atoms with Crippen LogP contribution in [0.15, 0.2) is 18.2 Å². The van der Waals surface area contributed by atoms with E-state index in [0.29, 0.717) is 11.3 Å². The van der Waals surface area contributed by atoms with Crippen LogP contribution in [0.5, 0.6) is 0 Å². The highest BCUT2D eigenvalue weighted by molar-refractivity contribution is 6.14. The number of nitrogens with one attached hydrogen (secondary N) is 1. The van der Waals surface area contributed by atoms with E-state index in [1.807, 2.05) is 0 Å². The Labute approximate surface area is 159 Å². The third-order valence-electron chi connectivity index (χ3n) is 5.88. The summed E-state index contributed by atoms with van der Waals surface area (Å²) in [5, 5.41) is 4.22. The molecule has 0 bridgehead atoms. The zero-order valence-electron chi connectivity index (χ0n) is 15.1. The Bertz CT molecular complexity index is 906. The minimum Gasteiger partial charge on any atom is -0.383 e. The SMILES string of the molecule is COCCN1C(=O)[C@H]2[C@@H](C1=O)[C@]1([NH2+][C@@H]2CC(N)=O)C(=O)Nc2ccc(F)cc21. The van der Waals surface area contributed by atoms with Crippen LogP contribution in [-0.2, 0) is 29.5 Å². The highest BCUT2D eigenvalue weighted by atomic mass is 19.1. The lowest BCUT2D eigenvalue weighted by molar-refractivity contribution is -0.732. The van der Waals surface area contributed by atoms with Gasteiger partial charge in [0.1, 0.15) is 23.7 Å². The zero-order chi connectivity index (χ0) is 20.2. The summed E-state index contributed by atoms with van der Waals surface area (Å²) in [4.78, 5) is 51.8. The summed E-state index contributed by atoms with van der Waals surface area (Å²) in [5.74, 6) is -4.67. The van der Waals surface area contributed by atoms with Crippen molar-refractivity contribution < 1.29 is 33.6 Å². The fraction of sp³-hybridized carbons (Fsp3) is 0.444. The van der Waals surface area contributed by atoms with Crippen LogP contribution < -0.4 is 16.4 Å². The topological polar surface area (TPSA) is 135 Å². The highest BCUT2D eigenvalue weighted by Gasteiger charge is 2.74. The van der Waals surface area contributed by atoms with Crippen molar-refractivity contribution in [2.75, 3.05) is 25.6 Å². The maximum absolute atomic E-state index is 14.0. The molecule has 3 aliphatic heterocycles. The van der Waals surface area contributed by atoms with E-state index in [-0.39, 0.29) is 19.6 Å². The van der Waals surface area contributed by atoms with Crippen molar-refractivity contribution in [1.29, 1.82) is 0 Å². The van der Waals surface area contributed by atoms with Crippen LogP contribution in [0.4, 0.5) is 10.1 Å². The van der Waals surface area contributed by atoms with Gasteiger partial charge >= 0.3 is 0 Å². The third-order valence-corrected chi connectivity index (χ3v) is 5.88. The smallest absolute Gasteiger partial charge is 0.291 e. The van der Waals surface area contributed by atoms with Gasteiger partial charge in [0.05, 0.1) is 25.3 Å². The molecular weight excluding hydrogens is 371 g/mol. The number of nitrogens with two attached hydrogens (primary N) is 2. The molecule has 1 aromatic carbocycles. The molecule has 2 saturated heterocycles. The number of rotatable bonds is 5. The molecule has 0 aliphatic carbocycles. The average Bonchev–Trinajstić information content (AvgIpc) is 3.19. The molecule has 1 spiro atoms. The van der Waals surface area contributed by atoms with Gasteiger partial charge in [0.2, 0.25) is 23.3 Å². The van der Waals surface area contributed by atoms with E-state index >= 15 is 0 Å². The number of halogens is 1. The van der Waals surface area contributed by atoms with Crippen LogP contribution in [0.25, 0.3) is 0 Å². The van der Waals surface area contributed by atoms with Gasteiger partial charge in [0.15, 0.2) is 0 Å². The average molecular weight is 391 g/mol. The van der Waals surface area contributed by atoms with E-state index in [4.69, 9.17) is 10.5 Å². The van der Waals surface area contributed by atoms with Crippen LogP contribution in [-0.4, -0.2) is 54.8 Å². The number of ether oxygens (including phenoxy) is 1. The first kappa shape index (κ1) is 18.5. The fourth-order valence-electron chi connectivity index (χ4n) is 4.82. The number of amides is 4. The van der Waals surface area contributed by atoms with Gasteiger partial charge in [-0.05, 0) is 18.2 Å². The number of benzene rings is 1. The van der Waals surface area contributed by atoms with Crippen LogP contribution >= 0.6 is 0 Å². The molecule has 28 heavy (non-hydrogen) atoms. The lowest BCUT2D eigenvalue weighted by Gasteiger charge is -2.26. The predicted molar refractivity (Wildman–Crippen MR) is 91.8 cm³/mol. The molecule has 0 saturated carbocycles. The lowest BCUT2D eigenvalue weighted by atomic mass is 9.76. The monoisotopic (exact) mass is 391 g/mol. The minimum atomic E-state index is -1.52. The van der Waals surface area contributed by atoms with E-state index in [1.54, 1.807) is 0 Å². The number of carbonyl (C=O) groups is 4. The Kier molecular flexibility index (Phi) is 4.20. The normalized spacial score (nSPS) is 30.7. The van der Waals surface area contributed by atoms with Crippen molar-refractivity contribution in [2.45, 2.75) is 18.0 Å². The van der Waals surface area contributed by atoms with Crippen LogP contribution in [0.2, 0.25) is 0 Å². The third kappa shape index (κ3) is 2.38. The number of fused-ring (bicyclic) bond motifs is 4. The number of quaternary nitrogens is 1. The first-order valence-electron chi connectivity index (χ1n) is 8.91. The van der Waals surface area contributed by atoms with E-state index < -0.39 is 52.9 Å². The quantitative estimate of drug-likeness (QED) is 0.501. The van der Waals surface area contributed by atoms with Gasteiger partial charge in [-0.2, -0.15) is 0 Å². The fourth-order valence-corrected chi connectivity index (χ4v) is 4.82.